The Kier molecular flexibility index (Phi) is 6.36. The molecule has 0 unspecified atom stereocenters. The normalized spacial score (nSPS) is 8.30. The molecule has 0 spiro atoms. The highest BCUT2D eigenvalue weighted by Gasteiger charge is 1.96. The average molecular weight is 140 g/mol. The third kappa shape index (κ3) is 7.54. The third-order valence-electron chi connectivity index (χ3n) is 1.14. The Hall–Kier alpha value is -0.455. The molecule has 0 heterocycles. The molecule has 2 N–H and O–H groups in total. The van der Waals surface area contributed by atoms with Crippen LogP contribution in [0.1, 0.15) is 32.6 Å². The van der Waals surface area contributed by atoms with Crippen LogP contribution in [0.25, 0.3) is 0 Å². The van der Waals surface area contributed by atoms with E-state index in [1.54, 1.807) is 0 Å². The van der Waals surface area contributed by atoms with Gasteiger partial charge in [-0.3, -0.25) is 0 Å². The lowest BCUT2D eigenvalue weighted by molar-refractivity contribution is 0.427. The molecule has 0 saturated heterocycles. The monoisotopic (exact) mass is 140 g/mol. The minimum atomic E-state index is -1.46. The van der Waals surface area contributed by atoms with E-state index in [0.29, 0.717) is 0 Å². The van der Waals surface area contributed by atoms with Crippen molar-refractivity contribution in [3.63, 3.8) is 0 Å². The van der Waals surface area contributed by atoms with E-state index in [-0.39, 0.29) is 0 Å². The van der Waals surface area contributed by atoms with Crippen molar-refractivity contribution in [2.75, 3.05) is 0 Å². The summed E-state index contributed by atoms with van der Waals surface area (Å²) in [6.07, 6.45) is 4.15. The van der Waals surface area contributed by atoms with Gasteiger partial charge in [0.15, 0.2) is 0 Å². The summed E-state index contributed by atoms with van der Waals surface area (Å²) in [4.78, 5) is 0. The molecule has 0 aliphatic heterocycles. The summed E-state index contributed by atoms with van der Waals surface area (Å²) in [5.74, 6) is 4.94. The fraction of sp³-hybridized carbons (Fsp3) is 0.714. The van der Waals surface area contributed by atoms with Crippen LogP contribution in [0.4, 0.5) is 0 Å². The number of hydrogen-bond donors (Lipinski definition) is 2. The van der Waals surface area contributed by atoms with E-state index in [9.17, 15) is 0 Å². The molecule has 0 radical (unpaired) electrons. The van der Waals surface area contributed by atoms with Crippen LogP contribution in [0.5, 0.6) is 0 Å². The van der Waals surface area contributed by atoms with Crippen molar-refractivity contribution in [2.24, 2.45) is 0 Å². The molecule has 0 aromatic heterocycles. The molecular weight excluding hydrogens is 127 g/mol. The zero-order valence-electron chi connectivity index (χ0n) is 6.30. The van der Waals surface area contributed by atoms with Gasteiger partial charge in [0, 0.05) is 6.42 Å². The minimum Gasteiger partial charge on any atom is -0.416 e. The first-order valence-corrected chi connectivity index (χ1v) is 3.62. The molecule has 10 heavy (non-hydrogen) atoms. The lowest BCUT2D eigenvalue weighted by atomic mass is 9.94. The van der Waals surface area contributed by atoms with Crippen LogP contribution in [-0.2, 0) is 0 Å². The Labute approximate surface area is 62.4 Å². The maximum absolute atomic E-state index is 8.29. The van der Waals surface area contributed by atoms with Gasteiger partial charge in [-0.25, -0.2) is 0 Å². The van der Waals surface area contributed by atoms with Crippen molar-refractivity contribution in [3.05, 3.63) is 0 Å². The first-order chi connectivity index (χ1) is 4.77. The highest BCUT2D eigenvalue weighted by Crippen LogP contribution is 1.96. The van der Waals surface area contributed by atoms with Crippen molar-refractivity contribution in [2.45, 2.75) is 32.6 Å². The van der Waals surface area contributed by atoms with E-state index in [1.165, 1.54) is 6.42 Å². The topological polar surface area (TPSA) is 40.5 Å². The van der Waals surface area contributed by atoms with E-state index in [0.717, 1.165) is 19.3 Å². The maximum Gasteiger partial charge on any atom is 0.544 e. The summed E-state index contributed by atoms with van der Waals surface area (Å²) in [6, 6.07) is 0. The quantitative estimate of drug-likeness (QED) is 0.342. The lowest BCUT2D eigenvalue weighted by Gasteiger charge is -1.88. The second-order valence-electron chi connectivity index (χ2n) is 2.15. The molecular formula is C7H13BO2. The fourth-order valence-corrected chi connectivity index (χ4v) is 0.627. The summed E-state index contributed by atoms with van der Waals surface area (Å²) in [5, 5.41) is 16.6. The van der Waals surface area contributed by atoms with E-state index >= 15 is 0 Å². The summed E-state index contributed by atoms with van der Waals surface area (Å²) < 4.78 is 0. The zero-order valence-corrected chi connectivity index (χ0v) is 6.30. The van der Waals surface area contributed by atoms with Gasteiger partial charge in [0.25, 0.3) is 0 Å². The smallest absolute Gasteiger partial charge is 0.416 e. The van der Waals surface area contributed by atoms with Crippen LogP contribution >= 0.6 is 0 Å². The van der Waals surface area contributed by atoms with Crippen molar-refractivity contribution >= 4 is 7.12 Å². The molecule has 0 aromatic carbocycles. The molecule has 56 valence electrons. The third-order valence-corrected chi connectivity index (χ3v) is 1.14. The number of unbranched alkanes of at least 4 members (excludes halogenated alkanes) is 3. The number of rotatable bonds is 3. The Morgan fingerprint density at radius 2 is 2.00 bits per heavy atom. The molecule has 0 atom stereocenters. The van der Waals surface area contributed by atoms with Crippen LogP contribution < -0.4 is 0 Å². The first kappa shape index (κ1) is 9.54. The lowest BCUT2D eigenvalue weighted by Crippen LogP contribution is -2.06. The van der Waals surface area contributed by atoms with Gasteiger partial charge in [-0.15, -0.1) is 5.92 Å². The van der Waals surface area contributed by atoms with E-state index in [1.807, 2.05) is 0 Å². The summed E-state index contributed by atoms with van der Waals surface area (Å²) in [5.41, 5.74) is 0. The second kappa shape index (κ2) is 6.66. The second-order valence-corrected chi connectivity index (χ2v) is 2.15. The molecule has 0 aliphatic rings. The molecule has 0 aromatic rings. The fourth-order valence-electron chi connectivity index (χ4n) is 0.627. The largest absolute Gasteiger partial charge is 0.544 e. The predicted octanol–water partition coefficient (Wildman–Crippen LogP) is 0.582. The van der Waals surface area contributed by atoms with Gasteiger partial charge in [0.1, 0.15) is 0 Å². The molecule has 0 fully saturated rings. The number of hydrogen-bond acceptors (Lipinski definition) is 2. The van der Waals surface area contributed by atoms with Crippen LogP contribution in [0.15, 0.2) is 0 Å². The highest BCUT2D eigenvalue weighted by atomic mass is 16.4. The highest BCUT2D eigenvalue weighted by molar-refractivity contribution is 6.51. The van der Waals surface area contributed by atoms with Gasteiger partial charge in [0.2, 0.25) is 0 Å². The van der Waals surface area contributed by atoms with Gasteiger partial charge < -0.3 is 10.0 Å². The summed E-state index contributed by atoms with van der Waals surface area (Å²) in [7, 11) is -1.46. The molecule has 0 amide bonds. The molecule has 3 heteroatoms. The van der Waals surface area contributed by atoms with Gasteiger partial charge in [-0.05, 0) is 6.42 Å². The predicted molar refractivity (Wildman–Crippen MR) is 42.1 cm³/mol. The maximum atomic E-state index is 8.29. The van der Waals surface area contributed by atoms with Crippen molar-refractivity contribution < 1.29 is 10.0 Å². The van der Waals surface area contributed by atoms with Gasteiger partial charge in [-0.2, -0.15) is 0 Å². The van der Waals surface area contributed by atoms with Crippen LogP contribution in [0.3, 0.4) is 0 Å². The molecule has 0 bridgehead atoms. The van der Waals surface area contributed by atoms with E-state index in [4.69, 9.17) is 10.0 Å². The Morgan fingerprint density at radius 1 is 1.30 bits per heavy atom. The summed E-state index contributed by atoms with van der Waals surface area (Å²) in [6.45, 7) is 2.12. The van der Waals surface area contributed by atoms with Crippen molar-refractivity contribution in [3.8, 4) is 11.7 Å². The average Bonchev–Trinajstić information content (AvgIpc) is 1.87. The minimum absolute atomic E-state index is 0.769. The van der Waals surface area contributed by atoms with E-state index < -0.39 is 7.12 Å². The molecule has 2 nitrogen and oxygen atoms in total. The first-order valence-electron chi connectivity index (χ1n) is 3.62. The Balaban J connectivity index is 3.12. The molecule has 0 saturated carbocycles. The van der Waals surface area contributed by atoms with Crippen LogP contribution in [0, 0.1) is 11.7 Å². The Bertz CT molecular complexity index is 123. The van der Waals surface area contributed by atoms with Crippen molar-refractivity contribution in [1.82, 2.24) is 0 Å². The van der Waals surface area contributed by atoms with Gasteiger partial charge in [-0.1, -0.05) is 25.6 Å². The Morgan fingerprint density at radius 3 is 2.50 bits per heavy atom. The van der Waals surface area contributed by atoms with Gasteiger partial charge >= 0.3 is 7.12 Å². The molecule has 0 rings (SSSR count). The van der Waals surface area contributed by atoms with Gasteiger partial charge in [0.05, 0.1) is 0 Å². The SMILES string of the molecule is CCCCCC#CB(O)O. The standard InChI is InChI=1S/C7H13BO2/c1-2-3-4-5-6-7-8(9)10/h9-10H,2-5H2,1H3. The molecule has 0 aliphatic carbocycles. The zero-order chi connectivity index (χ0) is 7.82. The van der Waals surface area contributed by atoms with Crippen LogP contribution in [-0.4, -0.2) is 17.2 Å². The summed E-state index contributed by atoms with van der Waals surface area (Å²) >= 11 is 0. The van der Waals surface area contributed by atoms with Crippen LogP contribution in [0.2, 0.25) is 0 Å². The van der Waals surface area contributed by atoms with Crippen molar-refractivity contribution in [1.29, 1.82) is 0 Å². The van der Waals surface area contributed by atoms with E-state index in [2.05, 4.69) is 18.7 Å².